The highest BCUT2D eigenvalue weighted by atomic mass is 32.1. The van der Waals surface area contributed by atoms with Gasteiger partial charge >= 0.3 is 0 Å². The van der Waals surface area contributed by atoms with E-state index in [1.54, 1.807) is 0 Å². The smallest absolute Gasteiger partial charge is 0.0348 e. The predicted octanol–water partition coefficient (Wildman–Crippen LogP) is 2.27. The largest absolute Gasteiger partial charge is 0.120 e. The highest BCUT2D eigenvalue weighted by Gasteiger charge is 2.03. The lowest BCUT2D eigenvalue weighted by atomic mass is 10.0. The van der Waals surface area contributed by atoms with E-state index in [1.807, 2.05) is 18.2 Å². The van der Waals surface area contributed by atoms with Crippen LogP contribution in [0.4, 0.5) is 0 Å². The van der Waals surface area contributed by atoms with E-state index in [2.05, 4.69) is 5.92 Å². The van der Waals surface area contributed by atoms with Crippen LogP contribution >= 0.6 is 12.2 Å². The average molecular weight is 148 g/mol. The predicted molar refractivity (Wildman–Crippen MR) is 47.9 cm³/mol. The zero-order valence-electron chi connectivity index (χ0n) is 5.63. The van der Waals surface area contributed by atoms with E-state index in [0.29, 0.717) is 6.42 Å². The van der Waals surface area contributed by atoms with Gasteiger partial charge in [-0.1, -0.05) is 30.4 Å². The van der Waals surface area contributed by atoms with Gasteiger partial charge in [-0.15, -0.1) is 12.3 Å². The summed E-state index contributed by atoms with van der Waals surface area (Å²) in [6.45, 7) is 0. The lowest BCUT2D eigenvalue weighted by Crippen LogP contribution is -1.99. The zero-order valence-corrected chi connectivity index (χ0v) is 6.45. The lowest BCUT2D eigenvalue weighted by Gasteiger charge is -2.05. The first-order chi connectivity index (χ1) is 4.84. The molecule has 0 aromatic carbocycles. The fraction of sp³-hybridized carbons (Fsp3) is 0.222. The minimum absolute atomic E-state index is 0.670. The summed E-state index contributed by atoms with van der Waals surface area (Å²) in [6, 6.07) is 0. The van der Waals surface area contributed by atoms with Gasteiger partial charge in [0.2, 0.25) is 0 Å². The Kier molecular flexibility index (Phi) is 2.42. The standard InChI is InChI=1S/C9H8S/c1-2-5-8-6-3-4-7-9(8)10/h1,3-4,6H,5,7H2. The van der Waals surface area contributed by atoms with E-state index in [9.17, 15) is 0 Å². The summed E-state index contributed by atoms with van der Waals surface area (Å²) in [5.41, 5.74) is 1.13. The van der Waals surface area contributed by atoms with Crippen molar-refractivity contribution in [2.45, 2.75) is 12.8 Å². The van der Waals surface area contributed by atoms with E-state index < -0.39 is 0 Å². The summed E-state index contributed by atoms with van der Waals surface area (Å²) in [5.74, 6) is 2.58. The van der Waals surface area contributed by atoms with E-state index in [1.165, 1.54) is 0 Å². The first kappa shape index (κ1) is 7.24. The fourth-order valence-corrected chi connectivity index (χ4v) is 1.09. The molecule has 0 amide bonds. The Labute approximate surface area is 66.6 Å². The normalized spacial score (nSPS) is 16.3. The topological polar surface area (TPSA) is 0 Å². The van der Waals surface area contributed by atoms with E-state index >= 15 is 0 Å². The van der Waals surface area contributed by atoms with E-state index in [4.69, 9.17) is 18.6 Å². The molecule has 50 valence electrons. The summed E-state index contributed by atoms with van der Waals surface area (Å²) in [7, 11) is 0. The van der Waals surface area contributed by atoms with Crippen molar-refractivity contribution in [1.82, 2.24) is 0 Å². The minimum atomic E-state index is 0.670. The average Bonchev–Trinajstić information content (AvgIpc) is 1.94. The van der Waals surface area contributed by atoms with Crippen molar-refractivity contribution in [3.63, 3.8) is 0 Å². The molecule has 0 heterocycles. The van der Waals surface area contributed by atoms with Crippen molar-refractivity contribution < 1.29 is 0 Å². The second kappa shape index (κ2) is 3.34. The van der Waals surface area contributed by atoms with E-state index in [0.717, 1.165) is 16.9 Å². The van der Waals surface area contributed by atoms with Gasteiger partial charge in [0.1, 0.15) is 0 Å². The summed E-state index contributed by atoms with van der Waals surface area (Å²) >= 11 is 5.08. The molecule has 0 aromatic rings. The molecule has 1 aliphatic carbocycles. The molecule has 1 rings (SSSR count). The van der Waals surface area contributed by atoms with Crippen LogP contribution in [0.1, 0.15) is 12.8 Å². The molecule has 0 aromatic heterocycles. The molecule has 0 radical (unpaired) electrons. The number of hydrogen-bond donors (Lipinski definition) is 0. The molecule has 0 unspecified atom stereocenters. The lowest BCUT2D eigenvalue weighted by molar-refractivity contribution is 1.32. The molecule has 0 atom stereocenters. The highest BCUT2D eigenvalue weighted by molar-refractivity contribution is 7.80. The van der Waals surface area contributed by atoms with Gasteiger partial charge in [-0.25, -0.2) is 0 Å². The van der Waals surface area contributed by atoms with Gasteiger partial charge in [-0.3, -0.25) is 0 Å². The molecule has 0 spiro atoms. The fourth-order valence-electron chi connectivity index (χ4n) is 0.851. The van der Waals surface area contributed by atoms with Crippen LogP contribution in [0.25, 0.3) is 0 Å². The van der Waals surface area contributed by atoms with Crippen LogP contribution in [-0.2, 0) is 0 Å². The van der Waals surface area contributed by atoms with Crippen molar-refractivity contribution in [2.75, 3.05) is 0 Å². The number of terminal acetylenes is 1. The van der Waals surface area contributed by atoms with Gasteiger partial charge in [-0.2, -0.15) is 0 Å². The number of rotatable bonds is 1. The first-order valence-electron chi connectivity index (χ1n) is 3.17. The molecule has 0 nitrogen and oxygen atoms in total. The van der Waals surface area contributed by atoms with Gasteiger partial charge < -0.3 is 0 Å². The third-order valence-electron chi connectivity index (χ3n) is 1.39. The second-order valence-corrected chi connectivity index (χ2v) is 2.62. The van der Waals surface area contributed by atoms with Crippen molar-refractivity contribution in [2.24, 2.45) is 0 Å². The van der Waals surface area contributed by atoms with Crippen LogP contribution in [0.3, 0.4) is 0 Å². The van der Waals surface area contributed by atoms with Gasteiger partial charge in [0.15, 0.2) is 0 Å². The Morgan fingerprint density at radius 3 is 3.10 bits per heavy atom. The Hall–Kier alpha value is -0.870. The van der Waals surface area contributed by atoms with Crippen LogP contribution in [0.15, 0.2) is 23.8 Å². The first-order valence-corrected chi connectivity index (χ1v) is 3.58. The van der Waals surface area contributed by atoms with Gasteiger partial charge in [0, 0.05) is 17.7 Å². The summed E-state index contributed by atoms with van der Waals surface area (Å²) < 4.78 is 0. The molecule has 0 saturated carbocycles. The van der Waals surface area contributed by atoms with Gasteiger partial charge in [-0.05, 0) is 5.57 Å². The van der Waals surface area contributed by atoms with Gasteiger partial charge in [0.05, 0.1) is 0 Å². The van der Waals surface area contributed by atoms with Crippen molar-refractivity contribution in [3.8, 4) is 12.3 Å². The monoisotopic (exact) mass is 148 g/mol. The molecule has 1 heteroatoms. The molecule has 0 saturated heterocycles. The molecular weight excluding hydrogens is 140 g/mol. The molecule has 1 aliphatic rings. The summed E-state index contributed by atoms with van der Waals surface area (Å²) in [6.07, 6.45) is 12.7. The Morgan fingerprint density at radius 2 is 2.50 bits per heavy atom. The maximum Gasteiger partial charge on any atom is 0.0348 e. The number of thiocarbonyl (C=S) groups is 1. The van der Waals surface area contributed by atoms with Crippen LogP contribution in [0.2, 0.25) is 0 Å². The molecular formula is C9H8S. The quantitative estimate of drug-likeness (QED) is 0.406. The minimum Gasteiger partial charge on any atom is -0.120 e. The van der Waals surface area contributed by atoms with Crippen molar-refractivity contribution >= 4 is 17.1 Å². The maximum absolute atomic E-state index is 5.15. The molecule has 0 bridgehead atoms. The Morgan fingerprint density at radius 1 is 1.70 bits per heavy atom. The molecule has 10 heavy (non-hydrogen) atoms. The number of hydrogen-bond acceptors (Lipinski definition) is 1. The van der Waals surface area contributed by atoms with Crippen molar-refractivity contribution in [1.29, 1.82) is 0 Å². The van der Waals surface area contributed by atoms with Crippen LogP contribution in [0.5, 0.6) is 0 Å². The highest BCUT2D eigenvalue weighted by Crippen LogP contribution is 2.12. The molecule has 0 aliphatic heterocycles. The zero-order chi connectivity index (χ0) is 7.40. The van der Waals surface area contributed by atoms with Crippen LogP contribution < -0.4 is 0 Å². The molecule has 0 N–H and O–H groups in total. The summed E-state index contributed by atoms with van der Waals surface area (Å²) in [4.78, 5) is 0.987. The Balaban J connectivity index is 2.73. The third kappa shape index (κ3) is 1.55. The van der Waals surface area contributed by atoms with Crippen LogP contribution in [-0.4, -0.2) is 4.86 Å². The molecule has 0 fully saturated rings. The number of allylic oxidation sites excluding steroid dienone is 4. The second-order valence-electron chi connectivity index (χ2n) is 2.13. The SMILES string of the molecule is C#CCC1=CC=CCC1=S. The van der Waals surface area contributed by atoms with E-state index in [-0.39, 0.29) is 0 Å². The maximum atomic E-state index is 5.15. The third-order valence-corrected chi connectivity index (χ3v) is 1.82. The van der Waals surface area contributed by atoms with Crippen molar-refractivity contribution in [3.05, 3.63) is 23.8 Å². The van der Waals surface area contributed by atoms with Crippen LogP contribution in [0, 0.1) is 12.3 Å². The van der Waals surface area contributed by atoms with Gasteiger partial charge in [0.25, 0.3) is 0 Å². The Bertz CT molecular complexity index is 238. The summed E-state index contributed by atoms with van der Waals surface area (Å²) in [5, 5.41) is 0.